The van der Waals surface area contributed by atoms with Crippen LogP contribution in [0.5, 0.6) is 0 Å². The van der Waals surface area contributed by atoms with E-state index >= 15 is 0 Å². The fourth-order valence-corrected chi connectivity index (χ4v) is 2.76. The van der Waals surface area contributed by atoms with Crippen molar-refractivity contribution in [2.45, 2.75) is 39.6 Å². The van der Waals surface area contributed by atoms with Crippen LogP contribution < -0.4 is 5.32 Å². The van der Waals surface area contributed by atoms with Crippen molar-refractivity contribution in [3.8, 4) is 0 Å². The van der Waals surface area contributed by atoms with Crippen LogP contribution in [0.25, 0.3) is 0 Å². The van der Waals surface area contributed by atoms with Crippen LogP contribution in [0, 0.1) is 13.8 Å². The molecule has 1 N–H and O–H groups in total. The van der Waals surface area contributed by atoms with Gasteiger partial charge in [-0.1, -0.05) is 35.9 Å². The summed E-state index contributed by atoms with van der Waals surface area (Å²) in [6.07, 6.45) is -4.36. The van der Waals surface area contributed by atoms with Crippen LogP contribution in [0.4, 0.5) is 13.2 Å². The summed E-state index contributed by atoms with van der Waals surface area (Å²) in [4.78, 5) is 12.5. The first-order valence-corrected chi connectivity index (χ1v) is 8.27. The van der Waals surface area contributed by atoms with Gasteiger partial charge in [0.25, 0.3) is 5.91 Å². The van der Waals surface area contributed by atoms with Crippen molar-refractivity contribution in [2.24, 2.45) is 0 Å². The summed E-state index contributed by atoms with van der Waals surface area (Å²) in [7, 11) is 0. The average Bonchev–Trinajstić information content (AvgIpc) is 2.53. The summed E-state index contributed by atoms with van der Waals surface area (Å²) in [5, 5.41) is 2.92. The molecule has 0 unspecified atom stereocenters. The van der Waals surface area contributed by atoms with Gasteiger partial charge in [-0.2, -0.15) is 13.2 Å². The molecule has 0 heterocycles. The first-order chi connectivity index (χ1) is 12.2. The molecule has 0 aliphatic rings. The van der Waals surface area contributed by atoms with Crippen LogP contribution in [0.1, 0.15) is 45.6 Å². The second-order valence-electron chi connectivity index (χ2n) is 6.36. The summed E-state index contributed by atoms with van der Waals surface area (Å²) >= 11 is 0. The van der Waals surface area contributed by atoms with Gasteiger partial charge in [-0.15, -0.1) is 0 Å². The Kier molecular flexibility index (Phi) is 6.42. The number of alkyl halides is 3. The SMILES string of the molecule is Cc1ccc([C@H](C)NC(=O)c2cccc(COCC(F)(F)F)c2)c(C)c1. The predicted molar refractivity (Wildman–Crippen MR) is 94.0 cm³/mol. The van der Waals surface area contributed by atoms with E-state index < -0.39 is 12.8 Å². The second kappa shape index (κ2) is 8.36. The Morgan fingerprint density at radius 1 is 1.15 bits per heavy atom. The molecule has 0 saturated heterocycles. The van der Waals surface area contributed by atoms with Crippen molar-refractivity contribution in [1.29, 1.82) is 0 Å². The summed E-state index contributed by atoms with van der Waals surface area (Å²) in [6.45, 7) is 4.38. The number of carbonyl (C=O) groups excluding carboxylic acids is 1. The topological polar surface area (TPSA) is 38.3 Å². The Balaban J connectivity index is 2.01. The molecule has 140 valence electrons. The minimum atomic E-state index is -4.36. The Hall–Kier alpha value is -2.34. The number of amides is 1. The molecule has 0 spiro atoms. The van der Waals surface area contributed by atoms with Gasteiger partial charge in [-0.3, -0.25) is 4.79 Å². The standard InChI is InChI=1S/C20H22F3NO2/c1-13-7-8-18(14(2)9-13)15(3)24-19(25)17-6-4-5-16(10-17)11-26-12-20(21,22)23/h4-10,15H,11-12H2,1-3H3,(H,24,25)/t15-/m0/s1. The average molecular weight is 365 g/mol. The number of carbonyl (C=O) groups is 1. The summed E-state index contributed by atoms with van der Waals surface area (Å²) in [5.74, 6) is -0.282. The maximum atomic E-state index is 12.5. The maximum Gasteiger partial charge on any atom is 0.411 e. The number of hydrogen-bond acceptors (Lipinski definition) is 2. The number of rotatable bonds is 6. The molecule has 6 heteroatoms. The molecule has 26 heavy (non-hydrogen) atoms. The van der Waals surface area contributed by atoms with E-state index in [9.17, 15) is 18.0 Å². The second-order valence-corrected chi connectivity index (χ2v) is 6.36. The fraction of sp³-hybridized carbons (Fsp3) is 0.350. The molecule has 3 nitrogen and oxygen atoms in total. The molecule has 2 aromatic rings. The normalized spacial score (nSPS) is 12.7. The molecule has 0 aliphatic carbocycles. The smallest absolute Gasteiger partial charge is 0.367 e. The lowest BCUT2D eigenvalue weighted by molar-refractivity contribution is -0.176. The summed E-state index contributed by atoms with van der Waals surface area (Å²) in [5.41, 5.74) is 4.16. The highest BCUT2D eigenvalue weighted by Crippen LogP contribution is 2.20. The van der Waals surface area contributed by atoms with Gasteiger partial charge in [0.15, 0.2) is 0 Å². The van der Waals surface area contributed by atoms with Crippen molar-refractivity contribution >= 4 is 5.91 Å². The number of halogens is 3. The van der Waals surface area contributed by atoms with Gasteiger partial charge in [-0.25, -0.2) is 0 Å². The van der Waals surface area contributed by atoms with Crippen molar-refractivity contribution < 1.29 is 22.7 Å². The van der Waals surface area contributed by atoms with Crippen LogP contribution in [0.15, 0.2) is 42.5 Å². The van der Waals surface area contributed by atoms with Gasteiger partial charge in [0.2, 0.25) is 0 Å². The van der Waals surface area contributed by atoms with Gasteiger partial charge >= 0.3 is 6.18 Å². The Morgan fingerprint density at radius 3 is 2.54 bits per heavy atom. The summed E-state index contributed by atoms with van der Waals surface area (Å²) in [6, 6.07) is 12.3. The van der Waals surface area contributed by atoms with E-state index in [0.29, 0.717) is 11.1 Å². The lowest BCUT2D eigenvalue weighted by Crippen LogP contribution is -2.27. The van der Waals surface area contributed by atoms with Gasteiger partial charge in [0, 0.05) is 5.56 Å². The van der Waals surface area contributed by atoms with Crippen molar-refractivity contribution in [3.05, 3.63) is 70.3 Å². The maximum absolute atomic E-state index is 12.5. The Bertz CT molecular complexity index is 772. The monoisotopic (exact) mass is 365 g/mol. The molecule has 1 atom stereocenters. The highest BCUT2D eigenvalue weighted by molar-refractivity contribution is 5.94. The Labute approximate surface area is 151 Å². The van der Waals surface area contributed by atoms with E-state index in [-0.39, 0.29) is 18.6 Å². The number of hydrogen-bond donors (Lipinski definition) is 1. The highest BCUT2D eigenvalue weighted by atomic mass is 19.4. The van der Waals surface area contributed by atoms with Crippen molar-refractivity contribution in [2.75, 3.05) is 6.61 Å². The third kappa shape index (κ3) is 5.88. The third-order valence-corrected chi connectivity index (χ3v) is 3.96. The van der Waals surface area contributed by atoms with E-state index in [1.54, 1.807) is 24.3 Å². The predicted octanol–water partition coefficient (Wildman–Crippen LogP) is 4.87. The van der Waals surface area contributed by atoms with Crippen LogP contribution in [0.2, 0.25) is 0 Å². The van der Waals surface area contributed by atoms with E-state index in [0.717, 1.165) is 16.7 Å². The number of ether oxygens (including phenoxy) is 1. The van der Waals surface area contributed by atoms with Gasteiger partial charge < -0.3 is 10.1 Å². The van der Waals surface area contributed by atoms with Crippen LogP contribution in [-0.4, -0.2) is 18.7 Å². The van der Waals surface area contributed by atoms with Gasteiger partial charge in [0.1, 0.15) is 6.61 Å². The third-order valence-electron chi connectivity index (χ3n) is 3.96. The Morgan fingerprint density at radius 2 is 1.88 bits per heavy atom. The molecule has 0 aliphatic heterocycles. The zero-order valence-electron chi connectivity index (χ0n) is 15.0. The molecule has 0 aromatic heterocycles. The molecule has 0 fully saturated rings. The van der Waals surface area contributed by atoms with E-state index in [1.165, 1.54) is 0 Å². The molecule has 1 amide bonds. The number of benzene rings is 2. The minimum absolute atomic E-state index is 0.187. The molecule has 0 saturated carbocycles. The molecule has 2 rings (SSSR count). The minimum Gasteiger partial charge on any atom is -0.367 e. The van der Waals surface area contributed by atoms with Gasteiger partial charge in [0.05, 0.1) is 12.6 Å². The largest absolute Gasteiger partial charge is 0.411 e. The van der Waals surface area contributed by atoms with E-state index in [2.05, 4.69) is 16.1 Å². The summed E-state index contributed by atoms with van der Waals surface area (Å²) < 4.78 is 41.1. The van der Waals surface area contributed by atoms with Crippen molar-refractivity contribution in [1.82, 2.24) is 5.32 Å². The quantitative estimate of drug-likeness (QED) is 0.793. The molecule has 0 radical (unpaired) electrons. The van der Waals surface area contributed by atoms with Gasteiger partial charge in [-0.05, 0) is 49.6 Å². The van der Waals surface area contributed by atoms with E-state index in [4.69, 9.17) is 0 Å². The molecule has 2 aromatic carbocycles. The van der Waals surface area contributed by atoms with Crippen LogP contribution in [0.3, 0.4) is 0 Å². The number of aryl methyl sites for hydroxylation is 2. The fourth-order valence-electron chi connectivity index (χ4n) is 2.76. The zero-order valence-corrected chi connectivity index (χ0v) is 15.0. The van der Waals surface area contributed by atoms with E-state index in [1.807, 2.05) is 32.9 Å². The highest BCUT2D eigenvalue weighted by Gasteiger charge is 2.27. The lowest BCUT2D eigenvalue weighted by atomic mass is 10.00. The first-order valence-electron chi connectivity index (χ1n) is 8.27. The van der Waals surface area contributed by atoms with Crippen LogP contribution in [-0.2, 0) is 11.3 Å². The number of nitrogens with one attached hydrogen (secondary N) is 1. The molecule has 0 bridgehead atoms. The molecular formula is C20H22F3NO2. The zero-order chi connectivity index (χ0) is 19.3. The lowest BCUT2D eigenvalue weighted by Gasteiger charge is -2.17. The van der Waals surface area contributed by atoms with Crippen molar-refractivity contribution in [3.63, 3.8) is 0 Å². The first kappa shape index (κ1) is 20.0. The van der Waals surface area contributed by atoms with Crippen LogP contribution >= 0.6 is 0 Å². The molecular weight excluding hydrogens is 343 g/mol.